The van der Waals surface area contributed by atoms with Crippen LogP contribution in [-0.4, -0.2) is 24.3 Å². The number of benzene rings is 1. The Hall–Kier alpha value is -2.78. The van der Waals surface area contributed by atoms with Crippen LogP contribution >= 0.6 is 11.3 Å². The number of amides is 1. The molecule has 1 fully saturated rings. The standard InChI is InChI=1S/C23H26N4O3S2/c1-14-10-11-24-13-19(14)27-32(29,30)20-12-18(9-8-15(20)2)21-16(3)25-23(31-21)26-22(28)17-6-4-5-7-17/h8-13,17,27H,4-7H2,1-3H3,(H,25,26,28). The van der Waals surface area contributed by atoms with Crippen LogP contribution < -0.4 is 10.0 Å². The zero-order chi connectivity index (χ0) is 22.9. The number of hydrogen-bond acceptors (Lipinski definition) is 6. The van der Waals surface area contributed by atoms with Crippen LogP contribution in [0.1, 0.15) is 42.5 Å². The molecule has 1 aliphatic rings. The predicted molar refractivity (Wildman–Crippen MR) is 127 cm³/mol. The second-order valence-corrected chi connectivity index (χ2v) is 10.8. The first kappa shape index (κ1) is 22.4. The average Bonchev–Trinajstić information content (AvgIpc) is 3.40. The third-order valence-corrected chi connectivity index (χ3v) is 8.41. The van der Waals surface area contributed by atoms with Gasteiger partial charge in [-0.15, -0.1) is 0 Å². The largest absolute Gasteiger partial charge is 0.302 e. The zero-order valence-electron chi connectivity index (χ0n) is 18.3. The predicted octanol–water partition coefficient (Wildman–Crippen LogP) is 5.06. The lowest BCUT2D eigenvalue weighted by atomic mass is 10.1. The number of carbonyl (C=O) groups excluding carboxylic acids is 1. The monoisotopic (exact) mass is 470 g/mol. The van der Waals surface area contributed by atoms with Crippen LogP contribution in [0.4, 0.5) is 10.8 Å². The van der Waals surface area contributed by atoms with Crippen LogP contribution in [-0.2, 0) is 14.8 Å². The van der Waals surface area contributed by atoms with E-state index < -0.39 is 10.0 Å². The van der Waals surface area contributed by atoms with Crippen molar-refractivity contribution in [1.29, 1.82) is 0 Å². The molecule has 4 rings (SSSR count). The number of aromatic nitrogens is 2. The van der Waals surface area contributed by atoms with Crippen LogP contribution in [0.3, 0.4) is 0 Å². The van der Waals surface area contributed by atoms with Gasteiger partial charge in [0.05, 0.1) is 27.4 Å². The highest BCUT2D eigenvalue weighted by atomic mass is 32.2. The Labute approximate surface area is 192 Å². The van der Waals surface area contributed by atoms with Gasteiger partial charge < -0.3 is 5.32 Å². The third kappa shape index (κ3) is 4.68. The van der Waals surface area contributed by atoms with Gasteiger partial charge in [0.25, 0.3) is 10.0 Å². The fourth-order valence-corrected chi connectivity index (χ4v) is 6.27. The molecule has 0 unspecified atom stereocenters. The van der Waals surface area contributed by atoms with E-state index in [1.54, 1.807) is 31.3 Å². The fraction of sp³-hybridized carbons (Fsp3) is 0.348. The summed E-state index contributed by atoms with van der Waals surface area (Å²) in [4.78, 5) is 22.0. The minimum Gasteiger partial charge on any atom is -0.302 e. The summed E-state index contributed by atoms with van der Waals surface area (Å²) >= 11 is 1.36. The molecule has 1 amide bonds. The summed E-state index contributed by atoms with van der Waals surface area (Å²) in [6.07, 6.45) is 7.14. The van der Waals surface area contributed by atoms with Gasteiger partial charge in [0, 0.05) is 12.1 Å². The summed E-state index contributed by atoms with van der Waals surface area (Å²) in [6.45, 7) is 5.45. The van der Waals surface area contributed by atoms with Crippen molar-refractivity contribution >= 4 is 38.1 Å². The van der Waals surface area contributed by atoms with Crippen LogP contribution in [0.2, 0.25) is 0 Å². The summed E-state index contributed by atoms with van der Waals surface area (Å²) < 4.78 is 28.9. The Morgan fingerprint density at radius 1 is 1.09 bits per heavy atom. The van der Waals surface area contributed by atoms with Crippen LogP contribution in [0, 0.1) is 26.7 Å². The van der Waals surface area contributed by atoms with Crippen LogP contribution in [0.25, 0.3) is 10.4 Å². The molecule has 0 atom stereocenters. The maximum absolute atomic E-state index is 13.1. The van der Waals surface area contributed by atoms with Gasteiger partial charge in [-0.3, -0.25) is 14.5 Å². The van der Waals surface area contributed by atoms with Crippen molar-refractivity contribution in [3.63, 3.8) is 0 Å². The summed E-state index contributed by atoms with van der Waals surface area (Å²) in [7, 11) is -3.81. The Kier molecular flexibility index (Phi) is 6.30. The molecular formula is C23H26N4O3S2. The molecule has 0 saturated heterocycles. The van der Waals surface area contributed by atoms with Gasteiger partial charge >= 0.3 is 0 Å². The molecule has 0 bridgehead atoms. The van der Waals surface area contributed by atoms with E-state index in [1.165, 1.54) is 17.5 Å². The molecule has 2 N–H and O–H groups in total. The van der Waals surface area contributed by atoms with Gasteiger partial charge in [0.1, 0.15) is 0 Å². The average molecular weight is 471 g/mol. The van der Waals surface area contributed by atoms with Crippen molar-refractivity contribution in [1.82, 2.24) is 9.97 Å². The molecule has 2 aromatic heterocycles. The second kappa shape index (κ2) is 8.99. The van der Waals surface area contributed by atoms with Crippen molar-refractivity contribution < 1.29 is 13.2 Å². The second-order valence-electron chi connectivity index (χ2n) is 8.18. The van der Waals surface area contributed by atoms with Crippen molar-refractivity contribution in [2.24, 2.45) is 5.92 Å². The van der Waals surface area contributed by atoms with Gasteiger partial charge in [-0.1, -0.05) is 36.3 Å². The van der Waals surface area contributed by atoms with Crippen LogP contribution in [0.15, 0.2) is 41.6 Å². The number of pyridine rings is 1. The van der Waals surface area contributed by atoms with Crippen molar-refractivity contribution in [2.75, 3.05) is 10.0 Å². The molecule has 3 aromatic rings. The Morgan fingerprint density at radius 2 is 1.84 bits per heavy atom. The summed E-state index contributed by atoms with van der Waals surface area (Å²) in [5.74, 6) is 0.0757. The minimum absolute atomic E-state index is 0.0195. The van der Waals surface area contributed by atoms with Gasteiger partial charge in [0.2, 0.25) is 5.91 Å². The SMILES string of the molecule is Cc1ccncc1NS(=O)(=O)c1cc(-c2sc(NC(=O)C3CCCC3)nc2C)ccc1C. The van der Waals surface area contributed by atoms with Crippen molar-refractivity contribution in [3.05, 3.63) is 53.5 Å². The van der Waals surface area contributed by atoms with E-state index in [0.717, 1.165) is 47.4 Å². The van der Waals surface area contributed by atoms with Gasteiger partial charge in [-0.2, -0.15) is 0 Å². The number of carbonyl (C=O) groups is 1. The first-order valence-electron chi connectivity index (χ1n) is 10.6. The highest BCUT2D eigenvalue weighted by Gasteiger charge is 2.24. The Balaban J connectivity index is 1.62. The molecule has 1 aliphatic carbocycles. The number of hydrogen-bond donors (Lipinski definition) is 2. The Morgan fingerprint density at radius 3 is 2.56 bits per heavy atom. The molecule has 2 heterocycles. The van der Waals surface area contributed by atoms with Crippen LogP contribution in [0.5, 0.6) is 0 Å². The van der Waals surface area contributed by atoms with E-state index in [4.69, 9.17) is 0 Å². The van der Waals surface area contributed by atoms with Crippen molar-refractivity contribution in [2.45, 2.75) is 51.3 Å². The minimum atomic E-state index is -3.81. The number of anilines is 2. The van der Waals surface area contributed by atoms with E-state index in [-0.39, 0.29) is 16.7 Å². The number of aryl methyl sites for hydroxylation is 3. The van der Waals surface area contributed by atoms with E-state index in [0.29, 0.717) is 16.4 Å². The van der Waals surface area contributed by atoms with Crippen molar-refractivity contribution in [3.8, 4) is 10.4 Å². The maximum Gasteiger partial charge on any atom is 0.262 e. The molecule has 0 spiro atoms. The lowest BCUT2D eigenvalue weighted by Gasteiger charge is -2.13. The molecule has 0 radical (unpaired) electrons. The van der Waals surface area contributed by atoms with E-state index in [1.807, 2.05) is 19.9 Å². The van der Waals surface area contributed by atoms with Gasteiger partial charge in [0.15, 0.2) is 5.13 Å². The Bertz CT molecular complexity index is 1260. The molecule has 1 aromatic carbocycles. The highest BCUT2D eigenvalue weighted by molar-refractivity contribution is 7.92. The zero-order valence-corrected chi connectivity index (χ0v) is 19.9. The number of sulfonamides is 1. The van der Waals surface area contributed by atoms with E-state index in [9.17, 15) is 13.2 Å². The molecular weight excluding hydrogens is 444 g/mol. The van der Waals surface area contributed by atoms with E-state index >= 15 is 0 Å². The molecule has 1 saturated carbocycles. The lowest BCUT2D eigenvalue weighted by Crippen LogP contribution is -2.20. The van der Waals surface area contributed by atoms with Gasteiger partial charge in [-0.25, -0.2) is 13.4 Å². The smallest absolute Gasteiger partial charge is 0.262 e. The van der Waals surface area contributed by atoms with E-state index in [2.05, 4.69) is 20.0 Å². The molecule has 32 heavy (non-hydrogen) atoms. The first-order valence-corrected chi connectivity index (χ1v) is 12.9. The molecule has 9 heteroatoms. The highest BCUT2D eigenvalue weighted by Crippen LogP contribution is 2.36. The quantitative estimate of drug-likeness (QED) is 0.524. The number of rotatable bonds is 6. The molecule has 168 valence electrons. The first-order chi connectivity index (χ1) is 15.2. The number of thiazole rings is 1. The normalized spacial score (nSPS) is 14.5. The van der Waals surface area contributed by atoms with Gasteiger partial charge in [-0.05, 0) is 62.4 Å². The molecule has 0 aliphatic heterocycles. The third-order valence-electron chi connectivity index (χ3n) is 5.78. The summed E-state index contributed by atoms with van der Waals surface area (Å²) in [6, 6.07) is 7.08. The number of nitrogens with zero attached hydrogens (tertiary/aromatic N) is 2. The molecule has 7 nitrogen and oxygen atoms in total. The lowest BCUT2D eigenvalue weighted by molar-refractivity contribution is -0.119. The summed E-state index contributed by atoms with van der Waals surface area (Å²) in [5.41, 5.74) is 3.37. The topological polar surface area (TPSA) is 101 Å². The maximum atomic E-state index is 13.1. The number of nitrogens with one attached hydrogen (secondary N) is 2. The summed E-state index contributed by atoms with van der Waals surface area (Å²) in [5, 5.41) is 3.49. The fourth-order valence-electron chi connectivity index (χ4n) is 3.91.